The van der Waals surface area contributed by atoms with Crippen LogP contribution >= 0.6 is 0 Å². The van der Waals surface area contributed by atoms with E-state index in [1.165, 1.54) is 0 Å². The lowest BCUT2D eigenvalue weighted by Gasteiger charge is -2.14. The minimum Gasteiger partial charge on any atom is -0.423 e. The molecular formula is C12H14N4O. The monoisotopic (exact) mass is 230 g/mol. The van der Waals surface area contributed by atoms with Crippen molar-refractivity contribution in [2.45, 2.75) is 6.92 Å². The number of aromatic nitrogens is 1. The molecule has 0 spiro atoms. The zero-order valence-corrected chi connectivity index (χ0v) is 9.84. The van der Waals surface area contributed by atoms with E-state index >= 15 is 0 Å². The molecule has 0 aliphatic heterocycles. The molecule has 2 N–H and O–H groups in total. The highest BCUT2D eigenvalue weighted by molar-refractivity contribution is 5.86. The topological polar surface area (TPSA) is 79.1 Å². The molecular weight excluding hydrogens is 216 g/mol. The number of nitrogen functional groups attached to an aromatic ring is 1. The number of para-hydroxylation sites is 1. The number of hydrogen-bond donors (Lipinski definition) is 1. The van der Waals surface area contributed by atoms with E-state index < -0.39 is 0 Å². The third-order valence-corrected chi connectivity index (χ3v) is 2.53. The maximum Gasteiger partial charge on any atom is 0.298 e. The molecule has 0 saturated heterocycles. The number of anilines is 2. The van der Waals surface area contributed by atoms with Crippen LogP contribution in [-0.2, 0) is 0 Å². The van der Waals surface area contributed by atoms with Gasteiger partial charge in [0.2, 0.25) is 0 Å². The minimum absolute atomic E-state index is 0.0765. The number of oxazole rings is 1. The van der Waals surface area contributed by atoms with Gasteiger partial charge in [-0.15, -0.1) is 0 Å². The first-order valence-corrected chi connectivity index (χ1v) is 5.37. The first-order chi connectivity index (χ1) is 8.11. The number of nitrogens with zero attached hydrogens (tertiary/aromatic N) is 3. The molecule has 0 aliphatic carbocycles. The van der Waals surface area contributed by atoms with E-state index in [0.717, 1.165) is 0 Å². The van der Waals surface area contributed by atoms with Crippen molar-refractivity contribution in [3.8, 4) is 6.07 Å². The van der Waals surface area contributed by atoms with Crippen LogP contribution in [0.2, 0.25) is 0 Å². The largest absolute Gasteiger partial charge is 0.423 e. The fourth-order valence-corrected chi connectivity index (χ4v) is 1.65. The Morgan fingerprint density at radius 2 is 2.35 bits per heavy atom. The summed E-state index contributed by atoms with van der Waals surface area (Å²) in [4.78, 5) is 6.14. The van der Waals surface area contributed by atoms with Crippen molar-refractivity contribution in [1.29, 1.82) is 5.26 Å². The number of nitrogens with two attached hydrogens (primary N) is 1. The molecule has 0 bridgehead atoms. The van der Waals surface area contributed by atoms with Crippen molar-refractivity contribution >= 4 is 22.8 Å². The van der Waals surface area contributed by atoms with Crippen molar-refractivity contribution < 1.29 is 4.42 Å². The Balaban J connectivity index is 2.31. The second-order valence-corrected chi connectivity index (χ2v) is 4.10. The number of rotatable bonds is 3. The van der Waals surface area contributed by atoms with Gasteiger partial charge in [-0.1, -0.05) is 6.07 Å². The summed E-state index contributed by atoms with van der Waals surface area (Å²) >= 11 is 0. The Bertz CT molecular complexity index is 569. The van der Waals surface area contributed by atoms with E-state index in [9.17, 15) is 0 Å². The molecule has 1 heterocycles. The fourth-order valence-electron chi connectivity index (χ4n) is 1.65. The van der Waals surface area contributed by atoms with Gasteiger partial charge in [-0.3, -0.25) is 0 Å². The predicted molar refractivity (Wildman–Crippen MR) is 66.5 cm³/mol. The molecule has 2 aromatic rings. The van der Waals surface area contributed by atoms with Crippen LogP contribution in [0.3, 0.4) is 0 Å². The van der Waals surface area contributed by atoms with Gasteiger partial charge in [0, 0.05) is 13.6 Å². The lowest BCUT2D eigenvalue weighted by Crippen LogP contribution is -2.23. The normalized spacial score (nSPS) is 12.3. The summed E-state index contributed by atoms with van der Waals surface area (Å²) in [5.74, 6) is -0.0765. The van der Waals surface area contributed by atoms with Crippen LogP contribution in [0.1, 0.15) is 6.92 Å². The first-order valence-electron chi connectivity index (χ1n) is 5.37. The predicted octanol–water partition coefficient (Wildman–Crippen LogP) is 2.01. The van der Waals surface area contributed by atoms with Gasteiger partial charge in [0.05, 0.1) is 17.7 Å². The zero-order valence-electron chi connectivity index (χ0n) is 9.84. The van der Waals surface area contributed by atoms with Crippen LogP contribution in [0.4, 0.5) is 11.7 Å². The SMILES string of the molecule is CC(C#N)CN(C)c1nc2c(N)cccc2o1. The first kappa shape index (κ1) is 11.3. The molecule has 1 unspecified atom stereocenters. The molecule has 5 heteroatoms. The van der Waals surface area contributed by atoms with Gasteiger partial charge in [0.1, 0.15) is 5.52 Å². The summed E-state index contributed by atoms with van der Waals surface area (Å²) in [5, 5.41) is 8.77. The van der Waals surface area contributed by atoms with Crippen molar-refractivity contribution in [2.24, 2.45) is 5.92 Å². The van der Waals surface area contributed by atoms with Crippen molar-refractivity contribution in [3.05, 3.63) is 18.2 Å². The average molecular weight is 230 g/mol. The molecule has 0 amide bonds. The summed E-state index contributed by atoms with van der Waals surface area (Å²) in [6.45, 7) is 2.43. The molecule has 0 saturated carbocycles. The van der Waals surface area contributed by atoms with Gasteiger partial charge in [-0.2, -0.15) is 10.2 Å². The Morgan fingerprint density at radius 3 is 3.00 bits per heavy atom. The molecule has 0 radical (unpaired) electrons. The van der Waals surface area contributed by atoms with E-state index in [1.807, 2.05) is 31.0 Å². The third kappa shape index (κ3) is 2.16. The molecule has 2 rings (SSSR count). The van der Waals surface area contributed by atoms with Gasteiger partial charge in [0.25, 0.3) is 6.01 Å². The molecule has 17 heavy (non-hydrogen) atoms. The molecule has 88 valence electrons. The van der Waals surface area contributed by atoms with Crippen LogP contribution in [0.25, 0.3) is 11.1 Å². The quantitative estimate of drug-likeness (QED) is 0.816. The summed E-state index contributed by atoms with van der Waals surface area (Å²) in [5.41, 5.74) is 7.73. The van der Waals surface area contributed by atoms with Crippen LogP contribution in [0, 0.1) is 17.2 Å². The number of nitriles is 1. The summed E-state index contributed by atoms with van der Waals surface area (Å²) in [6, 6.07) is 8.09. The van der Waals surface area contributed by atoms with Crippen LogP contribution in [-0.4, -0.2) is 18.6 Å². The van der Waals surface area contributed by atoms with E-state index in [4.69, 9.17) is 15.4 Å². The highest BCUT2D eigenvalue weighted by atomic mass is 16.4. The van der Waals surface area contributed by atoms with Crippen molar-refractivity contribution in [1.82, 2.24) is 4.98 Å². The highest BCUT2D eigenvalue weighted by Crippen LogP contribution is 2.25. The van der Waals surface area contributed by atoms with Crippen molar-refractivity contribution in [3.63, 3.8) is 0 Å². The van der Waals surface area contributed by atoms with E-state index in [0.29, 0.717) is 29.3 Å². The molecule has 1 aromatic carbocycles. The lowest BCUT2D eigenvalue weighted by atomic mass is 10.2. The maximum atomic E-state index is 8.77. The second kappa shape index (κ2) is 4.34. The Labute approximate surface area is 99.4 Å². The van der Waals surface area contributed by atoms with E-state index in [1.54, 1.807) is 6.07 Å². The fraction of sp³-hybridized carbons (Fsp3) is 0.333. The van der Waals surface area contributed by atoms with E-state index in [-0.39, 0.29) is 5.92 Å². The Morgan fingerprint density at radius 1 is 1.59 bits per heavy atom. The highest BCUT2D eigenvalue weighted by Gasteiger charge is 2.13. The smallest absolute Gasteiger partial charge is 0.298 e. The molecule has 1 aromatic heterocycles. The Kier molecular flexibility index (Phi) is 2.88. The molecule has 5 nitrogen and oxygen atoms in total. The minimum atomic E-state index is -0.0765. The van der Waals surface area contributed by atoms with Gasteiger partial charge in [-0.05, 0) is 19.1 Å². The standard InChI is InChI=1S/C12H14N4O/c1-8(6-13)7-16(2)12-15-11-9(14)4-3-5-10(11)17-12/h3-5,8H,7,14H2,1-2H3. The molecule has 0 fully saturated rings. The maximum absolute atomic E-state index is 8.77. The average Bonchev–Trinajstić information content (AvgIpc) is 2.74. The summed E-state index contributed by atoms with van der Waals surface area (Å²) in [7, 11) is 1.84. The third-order valence-electron chi connectivity index (χ3n) is 2.53. The zero-order chi connectivity index (χ0) is 12.4. The van der Waals surface area contributed by atoms with Crippen LogP contribution < -0.4 is 10.6 Å². The van der Waals surface area contributed by atoms with Gasteiger partial charge < -0.3 is 15.1 Å². The van der Waals surface area contributed by atoms with Crippen molar-refractivity contribution in [2.75, 3.05) is 24.2 Å². The Hall–Kier alpha value is -2.22. The summed E-state index contributed by atoms with van der Waals surface area (Å²) in [6.07, 6.45) is 0. The number of hydrogen-bond acceptors (Lipinski definition) is 5. The van der Waals surface area contributed by atoms with Gasteiger partial charge in [-0.25, -0.2) is 0 Å². The molecule has 1 atom stereocenters. The number of fused-ring (bicyclic) bond motifs is 1. The van der Waals surface area contributed by atoms with Crippen LogP contribution in [0.5, 0.6) is 0 Å². The lowest BCUT2D eigenvalue weighted by molar-refractivity contribution is 0.567. The number of benzene rings is 1. The van der Waals surface area contributed by atoms with Crippen LogP contribution in [0.15, 0.2) is 22.6 Å². The summed E-state index contributed by atoms with van der Waals surface area (Å²) < 4.78 is 5.58. The van der Waals surface area contributed by atoms with Gasteiger partial charge in [0.15, 0.2) is 5.58 Å². The van der Waals surface area contributed by atoms with E-state index in [2.05, 4.69) is 11.1 Å². The molecule has 0 aliphatic rings. The second-order valence-electron chi connectivity index (χ2n) is 4.10. The van der Waals surface area contributed by atoms with Gasteiger partial charge >= 0.3 is 0 Å².